The molecule has 0 aliphatic heterocycles. The van der Waals surface area contributed by atoms with E-state index in [2.05, 4.69) is 33.8 Å². The standard InChI is InChI=1S/C19H22N4/c1-3-21-19(22-4-2)23-14-15-9-11-16(12-10-15)18-8-6-5-7-17(18)13-20/h5-12H,3-4,14H2,1-2H3,(H2,21,22,23). The van der Waals surface area contributed by atoms with Crippen LogP contribution in [0.25, 0.3) is 11.1 Å². The van der Waals surface area contributed by atoms with Gasteiger partial charge in [-0.2, -0.15) is 5.26 Å². The zero-order valence-electron chi connectivity index (χ0n) is 13.6. The molecule has 0 aliphatic rings. The summed E-state index contributed by atoms with van der Waals surface area (Å²) in [6.07, 6.45) is 0. The number of nitrogens with zero attached hydrogens (tertiary/aromatic N) is 2. The average molecular weight is 306 g/mol. The summed E-state index contributed by atoms with van der Waals surface area (Å²) >= 11 is 0. The van der Waals surface area contributed by atoms with Crippen LogP contribution in [0.4, 0.5) is 0 Å². The van der Waals surface area contributed by atoms with Gasteiger partial charge in [0, 0.05) is 13.1 Å². The van der Waals surface area contributed by atoms with Gasteiger partial charge in [-0.15, -0.1) is 0 Å². The lowest BCUT2D eigenvalue weighted by Crippen LogP contribution is -2.36. The van der Waals surface area contributed by atoms with Crippen LogP contribution in [0.3, 0.4) is 0 Å². The van der Waals surface area contributed by atoms with Gasteiger partial charge in [0.2, 0.25) is 0 Å². The van der Waals surface area contributed by atoms with Crippen LogP contribution in [-0.2, 0) is 6.54 Å². The van der Waals surface area contributed by atoms with E-state index in [-0.39, 0.29) is 0 Å². The molecule has 0 spiro atoms. The fraction of sp³-hybridized carbons (Fsp3) is 0.263. The molecule has 0 bridgehead atoms. The van der Waals surface area contributed by atoms with Gasteiger partial charge in [0.15, 0.2) is 5.96 Å². The second kappa shape index (κ2) is 8.60. The Hall–Kier alpha value is -2.80. The molecule has 0 saturated heterocycles. The Balaban J connectivity index is 2.13. The molecular weight excluding hydrogens is 284 g/mol. The number of hydrogen-bond donors (Lipinski definition) is 2. The molecule has 2 aromatic rings. The van der Waals surface area contributed by atoms with Crippen molar-refractivity contribution in [3.63, 3.8) is 0 Å². The van der Waals surface area contributed by atoms with Gasteiger partial charge in [0.1, 0.15) is 0 Å². The van der Waals surface area contributed by atoms with Gasteiger partial charge < -0.3 is 10.6 Å². The minimum Gasteiger partial charge on any atom is -0.357 e. The molecule has 4 heteroatoms. The van der Waals surface area contributed by atoms with Crippen molar-refractivity contribution in [1.82, 2.24) is 10.6 Å². The minimum absolute atomic E-state index is 0.621. The maximum Gasteiger partial charge on any atom is 0.191 e. The van der Waals surface area contributed by atoms with Crippen molar-refractivity contribution in [1.29, 1.82) is 5.26 Å². The van der Waals surface area contributed by atoms with Crippen LogP contribution in [0.5, 0.6) is 0 Å². The van der Waals surface area contributed by atoms with Crippen LogP contribution >= 0.6 is 0 Å². The van der Waals surface area contributed by atoms with E-state index in [0.717, 1.165) is 35.7 Å². The van der Waals surface area contributed by atoms with Gasteiger partial charge in [-0.1, -0.05) is 42.5 Å². The fourth-order valence-corrected chi connectivity index (χ4v) is 2.30. The third-order valence-electron chi connectivity index (χ3n) is 3.42. The third kappa shape index (κ3) is 4.58. The lowest BCUT2D eigenvalue weighted by molar-refractivity contribution is 0.839. The SMILES string of the molecule is CCNC(=NCc1ccc(-c2ccccc2C#N)cc1)NCC. The van der Waals surface area contributed by atoms with E-state index in [1.54, 1.807) is 0 Å². The highest BCUT2D eigenvalue weighted by molar-refractivity contribution is 5.79. The zero-order valence-corrected chi connectivity index (χ0v) is 13.6. The van der Waals surface area contributed by atoms with Crippen molar-refractivity contribution in [2.45, 2.75) is 20.4 Å². The van der Waals surface area contributed by atoms with Crippen molar-refractivity contribution in [3.8, 4) is 17.2 Å². The maximum absolute atomic E-state index is 9.20. The highest BCUT2D eigenvalue weighted by Crippen LogP contribution is 2.23. The fourth-order valence-electron chi connectivity index (χ4n) is 2.30. The summed E-state index contributed by atoms with van der Waals surface area (Å²) < 4.78 is 0. The summed E-state index contributed by atoms with van der Waals surface area (Å²) in [4.78, 5) is 4.55. The lowest BCUT2D eigenvalue weighted by Gasteiger charge is -2.09. The molecule has 0 amide bonds. The van der Waals surface area contributed by atoms with Crippen LogP contribution in [0.1, 0.15) is 25.0 Å². The number of guanidine groups is 1. The van der Waals surface area contributed by atoms with Crippen LogP contribution in [0.15, 0.2) is 53.5 Å². The summed E-state index contributed by atoms with van der Waals surface area (Å²) in [5.41, 5.74) is 3.84. The van der Waals surface area contributed by atoms with Gasteiger partial charge >= 0.3 is 0 Å². The van der Waals surface area contributed by atoms with Gasteiger partial charge in [0.25, 0.3) is 0 Å². The molecule has 2 aromatic carbocycles. The number of aliphatic imine (C=N–C) groups is 1. The van der Waals surface area contributed by atoms with E-state index >= 15 is 0 Å². The van der Waals surface area contributed by atoms with Gasteiger partial charge in [-0.3, -0.25) is 0 Å². The molecule has 0 heterocycles. The van der Waals surface area contributed by atoms with E-state index < -0.39 is 0 Å². The van der Waals surface area contributed by atoms with Crippen molar-refractivity contribution in [2.24, 2.45) is 4.99 Å². The molecule has 0 radical (unpaired) electrons. The zero-order chi connectivity index (χ0) is 16.5. The Morgan fingerprint density at radius 3 is 2.26 bits per heavy atom. The summed E-state index contributed by atoms with van der Waals surface area (Å²) in [7, 11) is 0. The molecule has 2 N–H and O–H groups in total. The molecule has 0 aliphatic carbocycles. The summed E-state index contributed by atoms with van der Waals surface area (Å²) in [5.74, 6) is 0.828. The minimum atomic E-state index is 0.621. The second-order valence-corrected chi connectivity index (χ2v) is 5.08. The smallest absolute Gasteiger partial charge is 0.191 e. The second-order valence-electron chi connectivity index (χ2n) is 5.08. The quantitative estimate of drug-likeness (QED) is 0.658. The molecule has 118 valence electrons. The topological polar surface area (TPSA) is 60.2 Å². The van der Waals surface area contributed by atoms with E-state index in [0.29, 0.717) is 12.1 Å². The van der Waals surface area contributed by atoms with E-state index in [4.69, 9.17) is 0 Å². The summed E-state index contributed by atoms with van der Waals surface area (Å²) in [6.45, 7) is 6.41. The monoisotopic (exact) mass is 306 g/mol. The van der Waals surface area contributed by atoms with E-state index in [1.165, 1.54) is 0 Å². The first-order chi connectivity index (χ1) is 11.3. The molecule has 23 heavy (non-hydrogen) atoms. The Morgan fingerprint density at radius 1 is 1.00 bits per heavy atom. The predicted octanol–water partition coefficient (Wildman–Crippen LogP) is 3.30. The number of benzene rings is 2. The van der Waals surface area contributed by atoms with E-state index in [1.807, 2.05) is 50.2 Å². The van der Waals surface area contributed by atoms with Crippen LogP contribution < -0.4 is 10.6 Å². The summed E-state index contributed by atoms with van der Waals surface area (Å²) in [5, 5.41) is 15.6. The number of rotatable bonds is 5. The first-order valence-electron chi connectivity index (χ1n) is 7.89. The third-order valence-corrected chi connectivity index (χ3v) is 3.42. The van der Waals surface area contributed by atoms with Gasteiger partial charge in [-0.05, 0) is 36.6 Å². The lowest BCUT2D eigenvalue weighted by atomic mass is 9.99. The molecule has 0 fully saturated rings. The molecular formula is C19H22N4. The highest BCUT2D eigenvalue weighted by Gasteiger charge is 2.04. The summed E-state index contributed by atoms with van der Waals surface area (Å²) in [6, 6.07) is 18.1. The number of nitrogens with one attached hydrogen (secondary N) is 2. The average Bonchev–Trinajstić information content (AvgIpc) is 2.60. The molecule has 0 unspecified atom stereocenters. The number of hydrogen-bond acceptors (Lipinski definition) is 2. The highest BCUT2D eigenvalue weighted by atomic mass is 15.2. The van der Waals surface area contributed by atoms with E-state index in [9.17, 15) is 5.26 Å². The maximum atomic E-state index is 9.20. The Labute approximate surface area is 137 Å². The first-order valence-corrected chi connectivity index (χ1v) is 7.89. The molecule has 2 rings (SSSR count). The molecule has 4 nitrogen and oxygen atoms in total. The Morgan fingerprint density at radius 2 is 1.65 bits per heavy atom. The predicted molar refractivity (Wildman–Crippen MR) is 95.1 cm³/mol. The van der Waals surface area contributed by atoms with Crippen molar-refractivity contribution in [3.05, 3.63) is 59.7 Å². The Kier molecular flexibility index (Phi) is 6.19. The molecule has 0 aromatic heterocycles. The van der Waals surface area contributed by atoms with Crippen LogP contribution in [-0.4, -0.2) is 19.0 Å². The van der Waals surface area contributed by atoms with Crippen LogP contribution in [0, 0.1) is 11.3 Å². The number of nitriles is 1. The van der Waals surface area contributed by atoms with Crippen molar-refractivity contribution in [2.75, 3.05) is 13.1 Å². The molecule has 0 saturated carbocycles. The van der Waals surface area contributed by atoms with Crippen molar-refractivity contribution >= 4 is 5.96 Å². The van der Waals surface area contributed by atoms with Crippen LogP contribution in [0.2, 0.25) is 0 Å². The van der Waals surface area contributed by atoms with Gasteiger partial charge in [0.05, 0.1) is 18.2 Å². The largest absolute Gasteiger partial charge is 0.357 e. The first kappa shape index (κ1) is 16.6. The van der Waals surface area contributed by atoms with Gasteiger partial charge in [-0.25, -0.2) is 4.99 Å². The normalized spacial score (nSPS) is 9.78. The Bertz CT molecular complexity index is 688. The molecule has 0 atom stereocenters. The van der Waals surface area contributed by atoms with Crippen molar-refractivity contribution < 1.29 is 0 Å².